The molecule has 0 bridgehead atoms. The Labute approximate surface area is 56.9 Å². The lowest BCUT2D eigenvalue weighted by Gasteiger charge is -2.10. The normalized spacial score (nSPS) is 19.4. The van der Waals surface area contributed by atoms with E-state index in [2.05, 4.69) is 5.32 Å². The van der Waals surface area contributed by atoms with Crippen LogP contribution in [0.15, 0.2) is 11.5 Å². The first-order valence-electron chi connectivity index (χ1n) is 2.80. The Hall–Kier alpha value is -1.19. The van der Waals surface area contributed by atoms with Crippen molar-refractivity contribution in [2.75, 3.05) is 0 Å². The summed E-state index contributed by atoms with van der Waals surface area (Å²) in [5.41, 5.74) is 0.0150. The lowest BCUT2D eigenvalue weighted by Crippen LogP contribution is -2.30. The fraction of sp³-hybridized carbons (Fsp3) is 0.333. The van der Waals surface area contributed by atoms with E-state index >= 15 is 0 Å². The third-order valence-electron chi connectivity index (χ3n) is 1.22. The van der Waals surface area contributed by atoms with E-state index in [-0.39, 0.29) is 12.1 Å². The molecule has 0 radical (unpaired) electrons. The third kappa shape index (κ3) is 1.05. The van der Waals surface area contributed by atoms with Gasteiger partial charge in [-0.05, 0) is 6.92 Å². The molecule has 0 unspecified atom stereocenters. The first-order chi connectivity index (χ1) is 4.61. The van der Waals surface area contributed by atoms with Gasteiger partial charge in [0.15, 0.2) is 5.83 Å². The maximum atomic E-state index is 12.5. The van der Waals surface area contributed by atoms with Gasteiger partial charge in [-0.1, -0.05) is 0 Å². The lowest BCUT2D eigenvalue weighted by molar-refractivity contribution is -0.128. The van der Waals surface area contributed by atoms with Gasteiger partial charge < -0.3 is 5.32 Å². The van der Waals surface area contributed by atoms with Crippen molar-refractivity contribution in [2.24, 2.45) is 0 Å². The van der Waals surface area contributed by atoms with Gasteiger partial charge in [-0.3, -0.25) is 9.59 Å². The van der Waals surface area contributed by atoms with E-state index < -0.39 is 17.5 Å². The molecule has 0 atom stereocenters. The predicted octanol–water partition coefficient (Wildman–Crippen LogP) is 0.276. The van der Waals surface area contributed by atoms with E-state index in [1.807, 2.05) is 0 Å². The van der Waals surface area contributed by atoms with E-state index in [1.54, 1.807) is 0 Å². The molecular weight excluding hydrogens is 137 g/mol. The molecule has 0 aromatic carbocycles. The van der Waals surface area contributed by atoms with Crippen LogP contribution in [-0.4, -0.2) is 11.7 Å². The zero-order chi connectivity index (χ0) is 7.72. The zero-order valence-electron chi connectivity index (χ0n) is 5.40. The highest BCUT2D eigenvalue weighted by molar-refractivity contribution is 6.09. The predicted molar refractivity (Wildman–Crippen MR) is 31.6 cm³/mol. The summed E-state index contributed by atoms with van der Waals surface area (Å²) in [6.07, 6.45) is -0.372. The first kappa shape index (κ1) is 6.92. The minimum atomic E-state index is -0.834. The van der Waals surface area contributed by atoms with Gasteiger partial charge in [0.25, 0.3) is 0 Å². The summed E-state index contributed by atoms with van der Waals surface area (Å²) in [5.74, 6) is -2.01. The van der Waals surface area contributed by atoms with Gasteiger partial charge in [-0.2, -0.15) is 0 Å². The summed E-state index contributed by atoms with van der Waals surface area (Å²) in [5, 5.41) is 2.20. The molecule has 4 heteroatoms. The topological polar surface area (TPSA) is 46.2 Å². The van der Waals surface area contributed by atoms with E-state index in [9.17, 15) is 14.0 Å². The maximum Gasteiger partial charge on any atom is 0.232 e. The van der Waals surface area contributed by atoms with Crippen molar-refractivity contribution in [1.82, 2.24) is 5.32 Å². The maximum absolute atomic E-state index is 12.5. The van der Waals surface area contributed by atoms with Crippen molar-refractivity contribution >= 4 is 11.7 Å². The summed E-state index contributed by atoms with van der Waals surface area (Å²) in [6.45, 7) is 1.35. The second-order valence-corrected chi connectivity index (χ2v) is 2.09. The molecule has 1 N–H and O–H groups in total. The van der Waals surface area contributed by atoms with Crippen LogP contribution in [0, 0.1) is 0 Å². The van der Waals surface area contributed by atoms with Crippen LogP contribution in [0.3, 0.4) is 0 Å². The summed E-state index contributed by atoms with van der Waals surface area (Å²) < 4.78 is 12.5. The highest BCUT2D eigenvalue weighted by Gasteiger charge is 2.22. The number of rotatable bonds is 0. The first-order valence-corrected chi connectivity index (χ1v) is 2.80. The molecule has 0 aromatic heterocycles. The smallest absolute Gasteiger partial charge is 0.232 e. The van der Waals surface area contributed by atoms with Crippen LogP contribution in [0.5, 0.6) is 0 Å². The number of Topliss-reactive ketones (excluding diaryl/α,β-unsaturated/α-hetero) is 1. The fourth-order valence-electron chi connectivity index (χ4n) is 0.741. The summed E-state index contributed by atoms with van der Waals surface area (Å²) in [6, 6.07) is 0. The molecule has 10 heavy (non-hydrogen) atoms. The minimum Gasteiger partial charge on any atom is -0.327 e. The van der Waals surface area contributed by atoms with Crippen molar-refractivity contribution in [1.29, 1.82) is 0 Å². The van der Waals surface area contributed by atoms with Gasteiger partial charge in [-0.15, -0.1) is 0 Å². The van der Waals surface area contributed by atoms with E-state index in [0.717, 1.165) is 0 Å². The minimum absolute atomic E-state index is 0.0150. The molecule has 1 aliphatic heterocycles. The molecule has 54 valence electrons. The van der Waals surface area contributed by atoms with Crippen LogP contribution in [0.25, 0.3) is 0 Å². The molecule has 1 amide bonds. The van der Waals surface area contributed by atoms with Gasteiger partial charge in [0.05, 0.1) is 12.1 Å². The Morgan fingerprint density at radius 2 is 2.10 bits per heavy atom. The molecule has 0 aliphatic carbocycles. The second-order valence-electron chi connectivity index (χ2n) is 2.09. The van der Waals surface area contributed by atoms with Gasteiger partial charge in [0.1, 0.15) is 0 Å². The van der Waals surface area contributed by atoms with E-state index in [0.29, 0.717) is 0 Å². The quantitative estimate of drug-likeness (QED) is 0.495. The number of allylic oxidation sites excluding steroid dienone is 2. The molecular formula is C6H6FNO2. The highest BCUT2D eigenvalue weighted by atomic mass is 19.1. The molecule has 0 saturated heterocycles. The Balaban J connectivity index is 2.95. The Bertz CT molecular complexity index is 232. The standard InChI is InChI=1S/C6H6FNO2/c1-3-6(7)4(9)2-5(10)8-3/h2H2,1H3,(H,8,10). The molecule has 1 rings (SSSR count). The zero-order valence-corrected chi connectivity index (χ0v) is 5.40. The number of carbonyl (C=O) groups excluding carboxylic acids is 2. The highest BCUT2D eigenvalue weighted by Crippen LogP contribution is 2.11. The average Bonchev–Trinajstić information content (AvgIpc) is 1.82. The van der Waals surface area contributed by atoms with Crippen molar-refractivity contribution in [3.63, 3.8) is 0 Å². The molecule has 0 spiro atoms. The molecule has 0 aromatic rings. The Morgan fingerprint density at radius 3 is 2.60 bits per heavy atom. The lowest BCUT2D eigenvalue weighted by atomic mass is 10.1. The van der Waals surface area contributed by atoms with Crippen LogP contribution < -0.4 is 5.32 Å². The van der Waals surface area contributed by atoms with Crippen molar-refractivity contribution in [2.45, 2.75) is 13.3 Å². The van der Waals surface area contributed by atoms with Gasteiger partial charge in [-0.25, -0.2) is 4.39 Å². The Kier molecular flexibility index (Phi) is 1.53. The molecule has 3 nitrogen and oxygen atoms in total. The number of ketones is 1. The van der Waals surface area contributed by atoms with Crippen molar-refractivity contribution in [3.05, 3.63) is 11.5 Å². The van der Waals surface area contributed by atoms with Gasteiger partial charge >= 0.3 is 0 Å². The third-order valence-corrected chi connectivity index (χ3v) is 1.22. The average molecular weight is 143 g/mol. The second kappa shape index (κ2) is 2.21. The summed E-state index contributed by atoms with van der Waals surface area (Å²) in [4.78, 5) is 21.0. The van der Waals surface area contributed by atoms with Crippen molar-refractivity contribution in [3.8, 4) is 0 Å². The molecule has 0 saturated carbocycles. The van der Waals surface area contributed by atoms with E-state index in [1.165, 1.54) is 6.92 Å². The number of nitrogens with one attached hydrogen (secondary N) is 1. The molecule has 1 aliphatic rings. The number of halogens is 1. The van der Waals surface area contributed by atoms with Gasteiger partial charge in [0.2, 0.25) is 11.7 Å². The largest absolute Gasteiger partial charge is 0.327 e. The number of hydrogen-bond donors (Lipinski definition) is 1. The number of carbonyl (C=O) groups is 2. The molecule has 1 heterocycles. The summed E-state index contributed by atoms with van der Waals surface area (Å²) >= 11 is 0. The summed E-state index contributed by atoms with van der Waals surface area (Å²) in [7, 11) is 0. The van der Waals surface area contributed by atoms with E-state index in [4.69, 9.17) is 0 Å². The van der Waals surface area contributed by atoms with Crippen LogP contribution in [0.2, 0.25) is 0 Å². The van der Waals surface area contributed by atoms with Gasteiger partial charge in [0, 0.05) is 0 Å². The molecule has 0 fully saturated rings. The monoisotopic (exact) mass is 143 g/mol. The van der Waals surface area contributed by atoms with Crippen LogP contribution >= 0.6 is 0 Å². The van der Waals surface area contributed by atoms with Crippen LogP contribution in [0.4, 0.5) is 4.39 Å². The Morgan fingerprint density at radius 1 is 1.50 bits per heavy atom. The van der Waals surface area contributed by atoms with Crippen molar-refractivity contribution < 1.29 is 14.0 Å². The van der Waals surface area contributed by atoms with Crippen LogP contribution in [0.1, 0.15) is 13.3 Å². The number of hydrogen-bond acceptors (Lipinski definition) is 2. The fourth-order valence-corrected chi connectivity index (χ4v) is 0.741. The van der Waals surface area contributed by atoms with Crippen LogP contribution in [-0.2, 0) is 9.59 Å². The SMILES string of the molecule is CC1=C(F)C(=O)CC(=O)N1. The number of amides is 1.